The number of methoxy groups -OCH3 is 1. The summed E-state index contributed by atoms with van der Waals surface area (Å²) < 4.78 is 5.00. The summed E-state index contributed by atoms with van der Waals surface area (Å²) in [5.74, 6) is 0. The molecule has 2 amide bonds. The van der Waals surface area contributed by atoms with Gasteiger partial charge in [-0.3, -0.25) is 9.88 Å². The van der Waals surface area contributed by atoms with Gasteiger partial charge in [-0.1, -0.05) is 6.07 Å². The van der Waals surface area contributed by atoms with E-state index < -0.39 is 0 Å². The van der Waals surface area contributed by atoms with E-state index in [0.717, 1.165) is 45.6 Å². The predicted molar refractivity (Wildman–Crippen MR) is 90.3 cm³/mol. The predicted octanol–water partition coefficient (Wildman–Crippen LogP) is 1.90. The molecule has 23 heavy (non-hydrogen) atoms. The fourth-order valence-corrected chi connectivity index (χ4v) is 2.82. The SMILES string of the molecule is COCCCCNC(=O)N1CCN([C@@H](C)c2cccnc2)CC1. The summed E-state index contributed by atoms with van der Waals surface area (Å²) in [7, 11) is 1.70. The molecule has 1 fully saturated rings. The van der Waals surface area contributed by atoms with Crippen molar-refractivity contribution < 1.29 is 9.53 Å². The number of nitrogens with zero attached hydrogens (tertiary/aromatic N) is 3. The van der Waals surface area contributed by atoms with E-state index in [2.05, 4.69) is 28.2 Å². The minimum Gasteiger partial charge on any atom is -0.385 e. The maximum atomic E-state index is 12.1. The van der Waals surface area contributed by atoms with Crippen LogP contribution in [0.3, 0.4) is 0 Å². The van der Waals surface area contributed by atoms with Gasteiger partial charge in [-0.15, -0.1) is 0 Å². The van der Waals surface area contributed by atoms with E-state index in [4.69, 9.17) is 4.74 Å². The zero-order valence-electron chi connectivity index (χ0n) is 14.2. The van der Waals surface area contributed by atoms with Crippen LogP contribution >= 0.6 is 0 Å². The van der Waals surface area contributed by atoms with E-state index in [1.54, 1.807) is 13.3 Å². The summed E-state index contributed by atoms with van der Waals surface area (Å²) in [6.45, 7) is 7.00. The number of unbranched alkanes of at least 4 members (excludes halogenated alkanes) is 1. The molecule has 0 aromatic carbocycles. The minimum atomic E-state index is 0.0519. The van der Waals surface area contributed by atoms with Crippen LogP contribution < -0.4 is 5.32 Å². The monoisotopic (exact) mass is 320 g/mol. The van der Waals surface area contributed by atoms with Gasteiger partial charge in [-0.05, 0) is 31.4 Å². The van der Waals surface area contributed by atoms with Crippen LogP contribution in [-0.4, -0.2) is 67.3 Å². The van der Waals surface area contributed by atoms with Gasteiger partial charge in [0.1, 0.15) is 0 Å². The van der Waals surface area contributed by atoms with Crippen LogP contribution in [0.1, 0.15) is 31.4 Å². The zero-order valence-corrected chi connectivity index (χ0v) is 14.2. The standard InChI is InChI=1S/C17H28N4O2/c1-15(16-6-5-7-18-14-16)20-9-11-21(12-10-20)17(22)19-8-3-4-13-23-2/h5-7,14-15H,3-4,8-13H2,1-2H3,(H,19,22)/t15-/m0/s1. The molecule has 0 unspecified atom stereocenters. The Hall–Kier alpha value is -1.66. The Kier molecular flexibility index (Phi) is 7.29. The van der Waals surface area contributed by atoms with Gasteiger partial charge in [-0.25, -0.2) is 4.79 Å². The molecule has 1 aromatic heterocycles. The van der Waals surface area contributed by atoms with Crippen molar-refractivity contribution in [2.45, 2.75) is 25.8 Å². The number of carbonyl (C=O) groups excluding carboxylic acids is 1. The Morgan fingerprint density at radius 2 is 2.13 bits per heavy atom. The molecule has 128 valence electrons. The third-order valence-electron chi connectivity index (χ3n) is 4.37. The first-order valence-electron chi connectivity index (χ1n) is 8.38. The lowest BCUT2D eigenvalue weighted by molar-refractivity contribution is 0.113. The molecular formula is C17H28N4O2. The molecule has 0 radical (unpaired) electrons. The summed E-state index contributed by atoms with van der Waals surface area (Å²) in [6.07, 6.45) is 5.65. The number of hydrogen-bond acceptors (Lipinski definition) is 4. The number of carbonyl (C=O) groups is 1. The van der Waals surface area contributed by atoms with Gasteiger partial charge < -0.3 is 15.0 Å². The van der Waals surface area contributed by atoms with Gasteiger partial charge in [0.05, 0.1) is 0 Å². The lowest BCUT2D eigenvalue weighted by Crippen LogP contribution is -2.52. The number of ether oxygens (including phenoxy) is 1. The highest BCUT2D eigenvalue weighted by molar-refractivity contribution is 5.74. The highest BCUT2D eigenvalue weighted by Gasteiger charge is 2.24. The van der Waals surface area contributed by atoms with Crippen LogP contribution in [-0.2, 0) is 4.74 Å². The molecule has 1 saturated heterocycles. The molecule has 0 aliphatic carbocycles. The number of nitrogens with one attached hydrogen (secondary N) is 1. The summed E-state index contributed by atoms with van der Waals surface area (Å²) in [5.41, 5.74) is 1.23. The van der Waals surface area contributed by atoms with E-state index in [1.165, 1.54) is 5.56 Å². The molecule has 2 rings (SSSR count). The highest BCUT2D eigenvalue weighted by Crippen LogP contribution is 2.20. The molecule has 1 aromatic rings. The number of hydrogen-bond donors (Lipinski definition) is 1. The lowest BCUT2D eigenvalue weighted by Gasteiger charge is -2.38. The molecule has 6 heteroatoms. The van der Waals surface area contributed by atoms with Gasteiger partial charge in [0.2, 0.25) is 0 Å². The van der Waals surface area contributed by atoms with Crippen LogP contribution in [0.5, 0.6) is 0 Å². The molecule has 2 heterocycles. The van der Waals surface area contributed by atoms with Gasteiger partial charge in [0, 0.05) is 64.9 Å². The van der Waals surface area contributed by atoms with Crippen LogP contribution in [0, 0.1) is 0 Å². The van der Waals surface area contributed by atoms with Crippen molar-refractivity contribution in [3.8, 4) is 0 Å². The van der Waals surface area contributed by atoms with Crippen molar-refractivity contribution in [1.82, 2.24) is 20.1 Å². The van der Waals surface area contributed by atoms with E-state index in [-0.39, 0.29) is 6.03 Å². The molecule has 0 spiro atoms. The van der Waals surface area contributed by atoms with Crippen molar-refractivity contribution >= 4 is 6.03 Å². The average molecular weight is 320 g/mol. The topological polar surface area (TPSA) is 57.7 Å². The van der Waals surface area contributed by atoms with Gasteiger partial charge in [-0.2, -0.15) is 0 Å². The number of piperazine rings is 1. The first kappa shape index (κ1) is 17.7. The minimum absolute atomic E-state index is 0.0519. The Labute approximate surface area is 138 Å². The van der Waals surface area contributed by atoms with Crippen molar-refractivity contribution in [1.29, 1.82) is 0 Å². The van der Waals surface area contributed by atoms with E-state index >= 15 is 0 Å². The number of urea groups is 1. The first-order chi connectivity index (χ1) is 11.2. The maximum absolute atomic E-state index is 12.1. The highest BCUT2D eigenvalue weighted by atomic mass is 16.5. The van der Waals surface area contributed by atoms with Crippen LogP contribution in [0.25, 0.3) is 0 Å². The molecule has 0 bridgehead atoms. The summed E-state index contributed by atoms with van der Waals surface area (Å²) >= 11 is 0. The largest absolute Gasteiger partial charge is 0.385 e. The molecule has 6 nitrogen and oxygen atoms in total. The van der Waals surface area contributed by atoms with Gasteiger partial charge in [0.25, 0.3) is 0 Å². The second kappa shape index (κ2) is 9.47. The normalized spacial score (nSPS) is 17.0. The van der Waals surface area contributed by atoms with E-state index in [9.17, 15) is 4.79 Å². The van der Waals surface area contributed by atoms with Gasteiger partial charge in [0.15, 0.2) is 0 Å². The maximum Gasteiger partial charge on any atom is 0.317 e. The van der Waals surface area contributed by atoms with Crippen LogP contribution in [0.4, 0.5) is 4.79 Å². The number of pyridine rings is 1. The van der Waals surface area contributed by atoms with E-state index in [1.807, 2.05) is 17.2 Å². The number of rotatable bonds is 7. The molecule has 1 N–H and O–H groups in total. The van der Waals surface area contributed by atoms with Crippen LogP contribution in [0.15, 0.2) is 24.5 Å². The zero-order chi connectivity index (χ0) is 16.5. The Bertz CT molecular complexity index is 461. The average Bonchev–Trinajstić information content (AvgIpc) is 2.61. The fourth-order valence-electron chi connectivity index (χ4n) is 2.82. The quantitative estimate of drug-likeness (QED) is 0.780. The second-order valence-corrected chi connectivity index (χ2v) is 5.92. The van der Waals surface area contributed by atoms with Crippen LogP contribution in [0.2, 0.25) is 0 Å². The summed E-state index contributed by atoms with van der Waals surface area (Å²) in [5, 5.41) is 2.99. The van der Waals surface area contributed by atoms with Gasteiger partial charge >= 0.3 is 6.03 Å². The first-order valence-corrected chi connectivity index (χ1v) is 8.38. The molecule has 1 atom stereocenters. The third-order valence-corrected chi connectivity index (χ3v) is 4.37. The van der Waals surface area contributed by atoms with Crippen molar-refractivity contribution in [2.24, 2.45) is 0 Å². The smallest absolute Gasteiger partial charge is 0.317 e. The summed E-state index contributed by atoms with van der Waals surface area (Å²) in [4.78, 5) is 20.6. The Balaban J connectivity index is 1.70. The summed E-state index contributed by atoms with van der Waals surface area (Å²) in [6, 6.07) is 4.47. The lowest BCUT2D eigenvalue weighted by atomic mass is 10.1. The molecular weight excluding hydrogens is 292 g/mol. The fraction of sp³-hybridized carbons (Fsp3) is 0.647. The Morgan fingerprint density at radius 3 is 2.78 bits per heavy atom. The molecule has 1 aliphatic rings. The Morgan fingerprint density at radius 1 is 1.35 bits per heavy atom. The molecule has 1 aliphatic heterocycles. The number of amides is 2. The van der Waals surface area contributed by atoms with Crippen molar-refractivity contribution in [2.75, 3.05) is 46.4 Å². The van der Waals surface area contributed by atoms with E-state index in [0.29, 0.717) is 12.6 Å². The second-order valence-electron chi connectivity index (χ2n) is 5.92. The van der Waals surface area contributed by atoms with Crippen molar-refractivity contribution in [3.05, 3.63) is 30.1 Å². The molecule has 0 saturated carbocycles. The third kappa shape index (κ3) is 5.48. The number of aromatic nitrogens is 1. The van der Waals surface area contributed by atoms with Crippen molar-refractivity contribution in [3.63, 3.8) is 0 Å².